The highest BCUT2D eigenvalue weighted by molar-refractivity contribution is 5.88. The van der Waals surface area contributed by atoms with Crippen molar-refractivity contribution in [1.82, 2.24) is 15.5 Å². The van der Waals surface area contributed by atoms with Crippen molar-refractivity contribution >= 4 is 11.8 Å². The number of hydrogen-bond acceptors (Lipinski definition) is 4. The van der Waals surface area contributed by atoms with E-state index < -0.39 is 12.1 Å². The van der Waals surface area contributed by atoms with Crippen LogP contribution in [0.25, 0.3) is 0 Å². The van der Waals surface area contributed by atoms with E-state index in [-0.39, 0.29) is 18.2 Å². The van der Waals surface area contributed by atoms with Crippen molar-refractivity contribution in [3.8, 4) is 0 Å². The van der Waals surface area contributed by atoms with Gasteiger partial charge in [0.05, 0.1) is 18.6 Å². The van der Waals surface area contributed by atoms with Gasteiger partial charge in [-0.25, -0.2) is 0 Å². The van der Waals surface area contributed by atoms with E-state index in [1.165, 1.54) is 0 Å². The monoisotopic (exact) mass is 227 g/mol. The fraction of sp³-hybridized carbons (Fsp3) is 0.800. The maximum Gasteiger partial charge on any atom is 0.237 e. The van der Waals surface area contributed by atoms with Crippen molar-refractivity contribution in [3.05, 3.63) is 0 Å². The number of nitrogens with zero attached hydrogens (tertiary/aromatic N) is 1. The fourth-order valence-corrected chi connectivity index (χ4v) is 2.08. The molecule has 2 amide bonds. The summed E-state index contributed by atoms with van der Waals surface area (Å²) in [5.41, 5.74) is 0. The van der Waals surface area contributed by atoms with Crippen LogP contribution in [0.5, 0.6) is 0 Å². The second-order valence-corrected chi connectivity index (χ2v) is 4.28. The van der Waals surface area contributed by atoms with Crippen LogP contribution >= 0.6 is 0 Å². The van der Waals surface area contributed by atoms with Crippen LogP contribution in [0.1, 0.15) is 12.8 Å². The summed E-state index contributed by atoms with van der Waals surface area (Å²) >= 11 is 0. The van der Waals surface area contributed by atoms with Crippen molar-refractivity contribution in [1.29, 1.82) is 0 Å². The number of carbonyl (C=O) groups is 2. The van der Waals surface area contributed by atoms with Gasteiger partial charge in [0.15, 0.2) is 0 Å². The number of β-amino-alcohol motifs (C(OH)–C–C–N with tert-alkyl or cyclic N) is 1. The van der Waals surface area contributed by atoms with E-state index in [9.17, 15) is 14.7 Å². The van der Waals surface area contributed by atoms with Crippen LogP contribution in [0.3, 0.4) is 0 Å². The van der Waals surface area contributed by atoms with Gasteiger partial charge in [0, 0.05) is 26.2 Å². The first kappa shape index (κ1) is 11.3. The van der Waals surface area contributed by atoms with Crippen LogP contribution in [-0.2, 0) is 9.59 Å². The predicted octanol–water partition coefficient (Wildman–Crippen LogP) is -1.94. The molecule has 2 aliphatic heterocycles. The molecule has 0 bridgehead atoms. The van der Waals surface area contributed by atoms with Crippen molar-refractivity contribution in [2.24, 2.45) is 0 Å². The first-order valence-corrected chi connectivity index (χ1v) is 5.64. The zero-order chi connectivity index (χ0) is 11.5. The second-order valence-electron chi connectivity index (χ2n) is 4.28. The lowest BCUT2D eigenvalue weighted by molar-refractivity contribution is -0.134. The molecule has 2 aliphatic rings. The van der Waals surface area contributed by atoms with E-state index in [4.69, 9.17) is 0 Å². The molecule has 2 unspecified atom stereocenters. The fourth-order valence-electron chi connectivity index (χ4n) is 2.08. The molecule has 3 N–H and O–H groups in total. The Kier molecular flexibility index (Phi) is 3.40. The molecule has 0 saturated carbocycles. The van der Waals surface area contributed by atoms with Gasteiger partial charge in [-0.05, 0) is 6.42 Å². The third kappa shape index (κ3) is 2.51. The summed E-state index contributed by atoms with van der Waals surface area (Å²) in [6.45, 7) is 2.31. The molecule has 0 aromatic rings. The smallest absolute Gasteiger partial charge is 0.237 e. The molecule has 0 aromatic carbocycles. The lowest BCUT2D eigenvalue weighted by atomic mass is 10.1. The van der Waals surface area contributed by atoms with Crippen LogP contribution in [0.2, 0.25) is 0 Å². The Hall–Kier alpha value is -1.14. The molecule has 2 atom stereocenters. The van der Waals surface area contributed by atoms with E-state index in [0.717, 1.165) is 0 Å². The molecular formula is C10H17N3O3. The van der Waals surface area contributed by atoms with E-state index in [2.05, 4.69) is 10.6 Å². The van der Waals surface area contributed by atoms with Gasteiger partial charge in [-0.15, -0.1) is 0 Å². The predicted molar refractivity (Wildman–Crippen MR) is 56.6 cm³/mol. The average Bonchev–Trinajstić information content (AvgIpc) is 2.68. The number of carbonyl (C=O) groups excluding carboxylic acids is 2. The van der Waals surface area contributed by atoms with Gasteiger partial charge in [0.25, 0.3) is 0 Å². The minimum Gasteiger partial charge on any atom is -0.391 e. The van der Waals surface area contributed by atoms with Crippen molar-refractivity contribution in [3.63, 3.8) is 0 Å². The number of rotatable bonds is 2. The molecule has 2 fully saturated rings. The molecule has 2 rings (SSSR count). The molecule has 90 valence electrons. The molecule has 0 spiro atoms. The SMILES string of the molecule is O=C1NCCNC1CC(=O)N1CCC(O)C1. The van der Waals surface area contributed by atoms with Gasteiger partial charge in [-0.1, -0.05) is 0 Å². The van der Waals surface area contributed by atoms with Crippen LogP contribution in [0.15, 0.2) is 0 Å². The van der Waals surface area contributed by atoms with Gasteiger partial charge in [-0.3, -0.25) is 9.59 Å². The molecular weight excluding hydrogens is 210 g/mol. The summed E-state index contributed by atoms with van der Waals surface area (Å²) in [6.07, 6.45) is 0.409. The van der Waals surface area contributed by atoms with Crippen molar-refractivity contribution in [2.75, 3.05) is 26.2 Å². The average molecular weight is 227 g/mol. The summed E-state index contributed by atoms with van der Waals surface area (Å²) in [7, 11) is 0. The minimum absolute atomic E-state index is 0.0638. The van der Waals surface area contributed by atoms with E-state index >= 15 is 0 Å². The van der Waals surface area contributed by atoms with Gasteiger partial charge in [0.2, 0.25) is 11.8 Å². The molecule has 6 nitrogen and oxygen atoms in total. The highest BCUT2D eigenvalue weighted by Crippen LogP contribution is 2.11. The van der Waals surface area contributed by atoms with E-state index in [1.807, 2.05) is 0 Å². The summed E-state index contributed by atoms with van der Waals surface area (Å²) in [5, 5.41) is 15.0. The van der Waals surface area contributed by atoms with Crippen LogP contribution in [0.4, 0.5) is 0 Å². The van der Waals surface area contributed by atoms with E-state index in [0.29, 0.717) is 32.6 Å². The number of likely N-dealkylation sites (tertiary alicyclic amines) is 1. The van der Waals surface area contributed by atoms with Crippen LogP contribution in [0, 0.1) is 0 Å². The Morgan fingerprint density at radius 3 is 2.94 bits per heavy atom. The topological polar surface area (TPSA) is 81.7 Å². The molecule has 6 heteroatoms. The van der Waals surface area contributed by atoms with Gasteiger partial charge >= 0.3 is 0 Å². The minimum atomic E-state index is -0.418. The number of amides is 2. The van der Waals surface area contributed by atoms with Gasteiger partial charge in [-0.2, -0.15) is 0 Å². The van der Waals surface area contributed by atoms with Crippen molar-refractivity contribution < 1.29 is 14.7 Å². The highest BCUT2D eigenvalue weighted by Gasteiger charge is 2.29. The lowest BCUT2D eigenvalue weighted by Crippen LogP contribution is -2.54. The summed E-state index contributed by atoms with van der Waals surface area (Å²) in [5.74, 6) is -0.176. The number of aliphatic hydroxyl groups excluding tert-OH is 1. The molecule has 0 aromatic heterocycles. The molecule has 0 aliphatic carbocycles. The summed E-state index contributed by atoms with van der Waals surface area (Å²) in [4.78, 5) is 24.8. The Morgan fingerprint density at radius 2 is 2.31 bits per heavy atom. The Morgan fingerprint density at radius 1 is 1.50 bits per heavy atom. The lowest BCUT2D eigenvalue weighted by Gasteiger charge is -2.25. The Balaban J connectivity index is 1.84. The first-order valence-electron chi connectivity index (χ1n) is 5.64. The zero-order valence-corrected chi connectivity index (χ0v) is 9.11. The van der Waals surface area contributed by atoms with Crippen LogP contribution < -0.4 is 10.6 Å². The summed E-state index contributed by atoms with van der Waals surface area (Å²) in [6, 6.07) is -0.418. The third-order valence-corrected chi connectivity index (χ3v) is 3.03. The van der Waals surface area contributed by atoms with Gasteiger partial charge < -0.3 is 20.6 Å². The third-order valence-electron chi connectivity index (χ3n) is 3.03. The maximum absolute atomic E-state index is 11.8. The molecule has 2 saturated heterocycles. The molecule has 16 heavy (non-hydrogen) atoms. The quantitative estimate of drug-likeness (QED) is 0.512. The molecule has 2 heterocycles. The molecule has 0 radical (unpaired) electrons. The van der Waals surface area contributed by atoms with Crippen LogP contribution in [-0.4, -0.2) is 60.1 Å². The standard InChI is InChI=1S/C10H17N3O3/c14-7-1-4-13(6-7)9(15)5-8-10(16)12-3-2-11-8/h7-8,11,14H,1-6H2,(H,12,16). The Labute approximate surface area is 94.0 Å². The number of piperazine rings is 1. The maximum atomic E-state index is 11.8. The van der Waals surface area contributed by atoms with Crippen molar-refractivity contribution in [2.45, 2.75) is 25.0 Å². The first-order chi connectivity index (χ1) is 7.66. The normalized spacial score (nSPS) is 30.3. The number of hydrogen-bond donors (Lipinski definition) is 3. The number of aliphatic hydroxyl groups is 1. The number of nitrogens with one attached hydrogen (secondary N) is 2. The van der Waals surface area contributed by atoms with E-state index in [1.54, 1.807) is 4.90 Å². The second kappa shape index (κ2) is 4.80. The highest BCUT2D eigenvalue weighted by atomic mass is 16.3. The Bertz CT molecular complexity index is 295. The zero-order valence-electron chi connectivity index (χ0n) is 9.11. The summed E-state index contributed by atoms with van der Waals surface area (Å²) < 4.78 is 0. The largest absolute Gasteiger partial charge is 0.391 e. The van der Waals surface area contributed by atoms with Gasteiger partial charge in [0.1, 0.15) is 0 Å².